The molecule has 1 amide bonds. The maximum atomic E-state index is 12.0. The second-order valence-corrected chi connectivity index (χ2v) is 4.54. The Bertz CT molecular complexity index is 410. The number of hydrogen-bond donors (Lipinski definition) is 1. The maximum absolute atomic E-state index is 12.0. The molecule has 1 aliphatic carbocycles. The lowest BCUT2D eigenvalue weighted by molar-refractivity contribution is -0.129. The van der Waals surface area contributed by atoms with Crippen LogP contribution in [0.2, 0.25) is 0 Å². The van der Waals surface area contributed by atoms with Gasteiger partial charge in [-0.2, -0.15) is 0 Å². The van der Waals surface area contributed by atoms with Gasteiger partial charge in [0, 0.05) is 12.5 Å². The highest BCUT2D eigenvalue weighted by atomic mass is 16.2. The Kier molecular flexibility index (Phi) is 1.75. The maximum Gasteiger partial charge on any atom is 0.230 e. The number of amides is 1. The van der Waals surface area contributed by atoms with Gasteiger partial charge in [-0.15, -0.1) is 0 Å². The van der Waals surface area contributed by atoms with E-state index in [1.165, 1.54) is 0 Å². The number of piperidine rings is 2. The van der Waals surface area contributed by atoms with Crippen LogP contribution < -0.4 is 10.6 Å². The summed E-state index contributed by atoms with van der Waals surface area (Å²) < 4.78 is 0. The molecule has 2 bridgehead atoms. The van der Waals surface area contributed by atoms with Gasteiger partial charge in [0.2, 0.25) is 5.91 Å². The average molecular weight is 202 g/mol. The average Bonchev–Trinajstić information content (AvgIpc) is 2.17. The molecule has 0 unspecified atom stereocenters. The minimum Gasteiger partial charge on any atom is -0.397 e. The molecule has 3 aliphatic rings. The Morgan fingerprint density at radius 3 is 2.67 bits per heavy atom. The quantitative estimate of drug-likeness (QED) is 0.704. The Balaban J connectivity index is 1.94. The summed E-state index contributed by atoms with van der Waals surface area (Å²) in [5.41, 5.74) is 7.47. The molecule has 0 atom stereocenters. The first-order chi connectivity index (χ1) is 7.25. The zero-order valence-corrected chi connectivity index (χ0v) is 8.52. The number of rotatable bonds is 1. The van der Waals surface area contributed by atoms with E-state index in [-0.39, 0.29) is 11.8 Å². The molecule has 1 aromatic rings. The predicted octanol–water partition coefficient (Wildman–Crippen LogP) is 1.64. The second kappa shape index (κ2) is 2.99. The fraction of sp³-hybridized carbons (Fsp3) is 0.417. The van der Waals surface area contributed by atoms with Crippen LogP contribution in [-0.4, -0.2) is 12.5 Å². The Labute approximate surface area is 88.9 Å². The zero-order chi connectivity index (χ0) is 10.4. The predicted molar refractivity (Wildman–Crippen MR) is 59.4 cm³/mol. The lowest BCUT2D eigenvalue weighted by atomic mass is 9.70. The Morgan fingerprint density at radius 1 is 1.27 bits per heavy atom. The molecule has 15 heavy (non-hydrogen) atoms. The molecule has 2 aliphatic heterocycles. The molecule has 2 N–H and O–H groups in total. The summed E-state index contributed by atoms with van der Waals surface area (Å²) in [4.78, 5) is 13.8. The van der Waals surface area contributed by atoms with Crippen LogP contribution in [0.4, 0.5) is 11.4 Å². The smallest absolute Gasteiger partial charge is 0.230 e. The van der Waals surface area contributed by atoms with Crippen LogP contribution in [-0.2, 0) is 4.79 Å². The van der Waals surface area contributed by atoms with Crippen LogP contribution >= 0.6 is 0 Å². The van der Waals surface area contributed by atoms with Crippen molar-refractivity contribution in [3.8, 4) is 0 Å². The standard InChI is InChI=1S/C12H14N2O/c13-10-3-1-2-4-11(10)14-7-8-5-9(6-8)12(14)15/h1-4,8-9H,5-7,13H2. The lowest BCUT2D eigenvalue weighted by Gasteiger charge is -2.46. The molecule has 3 nitrogen and oxygen atoms in total. The van der Waals surface area contributed by atoms with Crippen LogP contribution in [0.5, 0.6) is 0 Å². The van der Waals surface area contributed by atoms with E-state index in [0.29, 0.717) is 11.6 Å². The van der Waals surface area contributed by atoms with E-state index in [1.807, 2.05) is 29.2 Å². The molecule has 3 fully saturated rings. The summed E-state index contributed by atoms with van der Waals surface area (Å²) in [5, 5.41) is 0. The minimum absolute atomic E-state index is 0.260. The van der Waals surface area contributed by atoms with Crippen molar-refractivity contribution in [3.05, 3.63) is 24.3 Å². The van der Waals surface area contributed by atoms with Crippen molar-refractivity contribution >= 4 is 17.3 Å². The fourth-order valence-electron chi connectivity index (χ4n) is 2.61. The molecule has 2 heterocycles. The van der Waals surface area contributed by atoms with E-state index in [0.717, 1.165) is 25.1 Å². The van der Waals surface area contributed by atoms with E-state index in [4.69, 9.17) is 5.73 Å². The molecule has 1 aromatic carbocycles. The molecule has 0 radical (unpaired) electrons. The highest BCUT2D eigenvalue weighted by Gasteiger charge is 2.44. The normalized spacial score (nSPS) is 28.8. The number of hydrogen-bond acceptors (Lipinski definition) is 2. The van der Waals surface area contributed by atoms with Crippen LogP contribution in [0, 0.1) is 11.8 Å². The number of fused-ring (bicyclic) bond motifs is 2. The number of anilines is 2. The van der Waals surface area contributed by atoms with Crippen molar-refractivity contribution in [2.24, 2.45) is 11.8 Å². The molecule has 0 aromatic heterocycles. The minimum atomic E-state index is 0.260. The van der Waals surface area contributed by atoms with Crippen LogP contribution in [0.1, 0.15) is 12.8 Å². The number of benzene rings is 1. The van der Waals surface area contributed by atoms with Gasteiger partial charge in [-0.1, -0.05) is 12.1 Å². The van der Waals surface area contributed by atoms with Gasteiger partial charge >= 0.3 is 0 Å². The molecule has 0 spiro atoms. The molecule has 2 saturated heterocycles. The largest absolute Gasteiger partial charge is 0.397 e. The Hall–Kier alpha value is -1.51. The molecule has 3 heteroatoms. The Morgan fingerprint density at radius 2 is 2.00 bits per heavy atom. The third kappa shape index (κ3) is 1.23. The monoisotopic (exact) mass is 202 g/mol. The molecular formula is C12H14N2O. The number of para-hydroxylation sites is 2. The third-order valence-corrected chi connectivity index (χ3v) is 3.52. The summed E-state index contributed by atoms with van der Waals surface area (Å²) in [6.07, 6.45) is 2.17. The summed E-state index contributed by atoms with van der Waals surface area (Å²) in [5.74, 6) is 1.23. The number of nitrogens with two attached hydrogens (primary N) is 1. The first-order valence-corrected chi connectivity index (χ1v) is 5.41. The summed E-state index contributed by atoms with van der Waals surface area (Å²) in [7, 11) is 0. The van der Waals surface area contributed by atoms with Gasteiger partial charge in [-0.25, -0.2) is 0 Å². The van der Waals surface area contributed by atoms with Gasteiger partial charge < -0.3 is 10.6 Å². The van der Waals surface area contributed by atoms with Gasteiger partial charge in [0.1, 0.15) is 0 Å². The van der Waals surface area contributed by atoms with Crippen LogP contribution in [0.15, 0.2) is 24.3 Å². The van der Waals surface area contributed by atoms with Crippen molar-refractivity contribution in [2.75, 3.05) is 17.2 Å². The van der Waals surface area contributed by atoms with E-state index >= 15 is 0 Å². The molecule has 4 rings (SSSR count). The third-order valence-electron chi connectivity index (χ3n) is 3.52. The van der Waals surface area contributed by atoms with Gasteiger partial charge in [-0.05, 0) is 30.9 Å². The van der Waals surface area contributed by atoms with E-state index in [2.05, 4.69) is 0 Å². The van der Waals surface area contributed by atoms with Crippen molar-refractivity contribution in [2.45, 2.75) is 12.8 Å². The van der Waals surface area contributed by atoms with Crippen LogP contribution in [0.25, 0.3) is 0 Å². The van der Waals surface area contributed by atoms with Crippen molar-refractivity contribution in [1.82, 2.24) is 0 Å². The van der Waals surface area contributed by atoms with Crippen molar-refractivity contribution in [3.63, 3.8) is 0 Å². The van der Waals surface area contributed by atoms with E-state index < -0.39 is 0 Å². The number of carbonyl (C=O) groups is 1. The first-order valence-electron chi connectivity index (χ1n) is 5.41. The van der Waals surface area contributed by atoms with Gasteiger partial charge in [-0.3, -0.25) is 4.79 Å². The van der Waals surface area contributed by atoms with E-state index in [9.17, 15) is 4.79 Å². The van der Waals surface area contributed by atoms with Gasteiger partial charge in [0.05, 0.1) is 11.4 Å². The topological polar surface area (TPSA) is 46.3 Å². The fourth-order valence-corrected chi connectivity index (χ4v) is 2.61. The highest BCUT2D eigenvalue weighted by molar-refractivity contribution is 5.99. The van der Waals surface area contributed by atoms with Gasteiger partial charge in [0.25, 0.3) is 0 Å². The van der Waals surface area contributed by atoms with Crippen molar-refractivity contribution < 1.29 is 4.79 Å². The van der Waals surface area contributed by atoms with Gasteiger partial charge in [0.15, 0.2) is 0 Å². The van der Waals surface area contributed by atoms with E-state index in [1.54, 1.807) is 0 Å². The van der Waals surface area contributed by atoms with Crippen molar-refractivity contribution in [1.29, 1.82) is 0 Å². The van der Waals surface area contributed by atoms with Crippen LogP contribution in [0.3, 0.4) is 0 Å². The SMILES string of the molecule is Nc1ccccc1N1CC2CC(C2)C1=O. The second-order valence-electron chi connectivity index (χ2n) is 4.54. The zero-order valence-electron chi connectivity index (χ0n) is 8.52. The number of nitrogens with zero attached hydrogens (tertiary/aromatic N) is 1. The molecule has 1 saturated carbocycles. The first kappa shape index (κ1) is 8.77. The summed E-state index contributed by atoms with van der Waals surface area (Å²) in [6, 6.07) is 7.61. The highest BCUT2D eigenvalue weighted by Crippen LogP contribution is 2.42. The summed E-state index contributed by atoms with van der Waals surface area (Å²) >= 11 is 0. The molecular weight excluding hydrogens is 188 g/mol. The number of nitrogen functional groups attached to an aromatic ring is 1. The number of carbonyl (C=O) groups excluding carboxylic acids is 1. The lowest BCUT2D eigenvalue weighted by Crippen LogP contribution is -2.53. The summed E-state index contributed by atoms with van der Waals surface area (Å²) in [6.45, 7) is 0.851. The molecule has 78 valence electrons.